The van der Waals surface area contributed by atoms with E-state index in [0.717, 1.165) is 5.56 Å². The number of rotatable bonds is 3. The lowest BCUT2D eigenvalue weighted by molar-refractivity contribution is 0.111. The lowest BCUT2D eigenvalue weighted by atomic mass is 10.2. The summed E-state index contributed by atoms with van der Waals surface area (Å²) in [5, 5.41) is 0. The fourth-order valence-corrected chi connectivity index (χ4v) is 1.95. The van der Waals surface area contributed by atoms with Crippen LogP contribution in [0, 0.1) is 5.82 Å². The summed E-state index contributed by atoms with van der Waals surface area (Å²) >= 11 is 3.22. The van der Waals surface area contributed by atoms with Gasteiger partial charge in [-0.2, -0.15) is 0 Å². The van der Waals surface area contributed by atoms with E-state index in [9.17, 15) is 9.18 Å². The van der Waals surface area contributed by atoms with Crippen molar-refractivity contribution in [3.05, 3.63) is 52.3 Å². The maximum absolute atomic E-state index is 13.1. The van der Waals surface area contributed by atoms with Gasteiger partial charge in [-0.1, -0.05) is 15.9 Å². The van der Waals surface area contributed by atoms with Crippen LogP contribution in [0.25, 0.3) is 0 Å². The molecule has 0 spiro atoms. The Bertz CT molecular complexity index is 504. The summed E-state index contributed by atoms with van der Waals surface area (Å²) in [7, 11) is 0. The number of aldehydes is 1. The molecule has 1 aromatic carbocycles. The van der Waals surface area contributed by atoms with Crippen LogP contribution >= 0.6 is 15.9 Å². The van der Waals surface area contributed by atoms with Crippen molar-refractivity contribution in [2.45, 2.75) is 6.54 Å². The molecule has 2 aromatic rings. The van der Waals surface area contributed by atoms with Crippen molar-refractivity contribution in [2.24, 2.45) is 0 Å². The lowest BCUT2D eigenvalue weighted by Gasteiger charge is -2.03. The summed E-state index contributed by atoms with van der Waals surface area (Å²) < 4.78 is 15.5. The van der Waals surface area contributed by atoms with Crippen molar-refractivity contribution in [3.63, 3.8) is 0 Å². The fourth-order valence-electron chi connectivity index (χ4n) is 1.44. The number of aromatic nitrogens is 2. The average Bonchev–Trinajstić information content (AvgIpc) is 2.64. The highest BCUT2D eigenvalue weighted by molar-refractivity contribution is 9.10. The summed E-state index contributed by atoms with van der Waals surface area (Å²) in [5.41, 5.74) is 1.18. The monoisotopic (exact) mass is 282 g/mol. The highest BCUT2D eigenvalue weighted by atomic mass is 79.9. The summed E-state index contributed by atoms with van der Waals surface area (Å²) in [6.45, 7) is 0.483. The molecule has 0 radical (unpaired) electrons. The summed E-state index contributed by atoms with van der Waals surface area (Å²) in [5.74, 6) is -0.292. The predicted molar refractivity (Wildman–Crippen MR) is 60.8 cm³/mol. The van der Waals surface area contributed by atoms with Crippen LogP contribution in [0.2, 0.25) is 0 Å². The maximum Gasteiger partial charge on any atom is 0.169 e. The number of nitrogens with zero attached hydrogens (tertiary/aromatic N) is 2. The molecule has 1 heterocycles. The topological polar surface area (TPSA) is 34.9 Å². The molecule has 0 aliphatic heterocycles. The van der Waals surface area contributed by atoms with Crippen LogP contribution in [0.1, 0.15) is 16.1 Å². The maximum atomic E-state index is 13.1. The van der Waals surface area contributed by atoms with Gasteiger partial charge in [0.15, 0.2) is 6.29 Å². The molecule has 0 amide bonds. The zero-order valence-electron chi connectivity index (χ0n) is 8.23. The van der Waals surface area contributed by atoms with Gasteiger partial charge < -0.3 is 4.57 Å². The first-order chi connectivity index (χ1) is 7.67. The Kier molecular flexibility index (Phi) is 3.14. The van der Waals surface area contributed by atoms with E-state index >= 15 is 0 Å². The largest absolute Gasteiger partial charge is 0.332 e. The molecular weight excluding hydrogens is 275 g/mol. The molecule has 0 aliphatic rings. The Morgan fingerprint density at radius 2 is 2.25 bits per heavy atom. The first-order valence-electron chi connectivity index (χ1n) is 4.59. The van der Waals surface area contributed by atoms with Crippen molar-refractivity contribution < 1.29 is 9.18 Å². The average molecular weight is 283 g/mol. The summed E-state index contributed by atoms with van der Waals surface area (Å²) in [6, 6.07) is 4.67. The van der Waals surface area contributed by atoms with Gasteiger partial charge in [-0.3, -0.25) is 4.79 Å². The number of imidazole rings is 1. The molecule has 0 saturated heterocycles. The molecule has 0 aliphatic carbocycles. The third kappa shape index (κ3) is 2.55. The molecule has 0 atom stereocenters. The first-order valence-corrected chi connectivity index (χ1v) is 5.38. The van der Waals surface area contributed by atoms with Crippen molar-refractivity contribution in [1.29, 1.82) is 0 Å². The highest BCUT2D eigenvalue weighted by Gasteiger charge is 2.01. The molecule has 0 fully saturated rings. The normalized spacial score (nSPS) is 10.4. The smallest absolute Gasteiger partial charge is 0.169 e. The Hall–Kier alpha value is -1.49. The molecule has 2 rings (SSSR count). The van der Waals surface area contributed by atoms with Crippen LogP contribution in [0.4, 0.5) is 4.39 Å². The van der Waals surface area contributed by atoms with Crippen molar-refractivity contribution in [1.82, 2.24) is 9.55 Å². The number of benzene rings is 1. The van der Waals surface area contributed by atoms with Crippen LogP contribution in [-0.2, 0) is 6.54 Å². The van der Waals surface area contributed by atoms with Crippen LogP contribution in [0.15, 0.2) is 35.2 Å². The number of hydrogen-bond donors (Lipinski definition) is 0. The Morgan fingerprint density at radius 1 is 1.44 bits per heavy atom. The minimum Gasteiger partial charge on any atom is -0.332 e. The molecular formula is C11H8BrFN2O. The third-order valence-electron chi connectivity index (χ3n) is 2.06. The molecule has 3 nitrogen and oxygen atoms in total. The van der Waals surface area contributed by atoms with Gasteiger partial charge in [-0.15, -0.1) is 0 Å². The molecule has 0 saturated carbocycles. The standard InChI is InChI=1S/C11H8BrFN2O/c12-9-1-8(2-10(13)3-9)4-15-5-11(6-16)14-7-15/h1-3,5-7H,4H2. The van der Waals surface area contributed by atoms with Crippen LogP contribution < -0.4 is 0 Å². The zero-order valence-corrected chi connectivity index (χ0v) is 9.82. The van der Waals surface area contributed by atoms with Crippen LogP contribution in [-0.4, -0.2) is 15.8 Å². The Labute approximate surface area is 100 Å². The van der Waals surface area contributed by atoms with Gasteiger partial charge in [0.25, 0.3) is 0 Å². The van der Waals surface area contributed by atoms with Gasteiger partial charge in [0.05, 0.1) is 6.33 Å². The second kappa shape index (κ2) is 4.57. The minimum atomic E-state index is -0.292. The minimum absolute atomic E-state index is 0.292. The van der Waals surface area contributed by atoms with Crippen LogP contribution in [0.5, 0.6) is 0 Å². The summed E-state index contributed by atoms with van der Waals surface area (Å²) in [4.78, 5) is 14.3. The van der Waals surface area contributed by atoms with E-state index < -0.39 is 0 Å². The van der Waals surface area contributed by atoms with Crippen molar-refractivity contribution in [2.75, 3.05) is 0 Å². The Balaban J connectivity index is 2.22. The molecule has 82 valence electrons. The van der Waals surface area contributed by atoms with E-state index in [1.54, 1.807) is 17.1 Å². The van der Waals surface area contributed by atoms with E-state index in [1.165, 1.54) is 12.1 Å². The highest BCUT2D eigenvalue weighted by Crippen LogP contribution is 2.15. The number of carbonyl (C=O) groups is 1. The lowest BCUT2D eigenvalue weighted by Crippen LogP contribution is -1.97. The number of hydrogen-bond acceptors (Lipinski definition) is 2. The molecule has 0 N–H and O–H groups in total. The molecule has 1 aromatic heterocycles. The van der Waals surface area contributed by atoms with E-state index in [0.29, 0.717) is 23.0 Å². The summed E-state index contributed by atoms with van der Waals surface area (Å²) in [6.07, 6.45) is 3.84. The van der Waals surface area contributed by atoms with E-state index in [2.05, 4.69) is 20.9 Å². The molecule has 5 heteroatoms. The van der Waals surface area contributed by atoms with E-state index in [-0.39, 0.29) is 5.82 Å². The number of halogens is 2. The zero-order chi connectivity index (χ0) is 11.5. The van der Waals surface area contributed by atoms with Gasteiger partial charge in [-0.05, 0) is 23.8 Å². The fraction of sp³-hybridized carbons (Fsp3) is 0.0909. The quantitative estimate of drug-likeness (QED) is 0.812. The predicted octanol–water partition coefficient (Wildman–Crippen LogP) is 2.65. The van der Waals surface area contributed by atoms with Gasteiger partial charge in [-0.25, -0.2) is 9.37 Å². The van der Waals surface area contributed by atoms with Crippen molar-refractivity contribution in [3.8, 4) is 0 Å². The number of carbonyl (C=O) groups excluding carboxylic acids is 1. The second-order valence-electron chi connectivity index (χ2n) is 3.37. The Morgan fingerprint density at radius 3 is 2.88 bits per heavy atom. The molecule has 0 unspecified atom stereocenters. The third-order valence-corrected chi connectivity index (χ3v) is 2.52. The van der Waals surface area contributed by atoms with Gasteiger partial charge >= 0.3 is 0 Å². The van der Waals surface area contributed by atoms with Crippen molar-refractivity contribution >= 4 is 22.2 Å². The first kappa shape index (κ1) is 11.0. The second-order valence-corrected chi connectivity index (χ2v) is 4.28. The van der Waals surface area contributed by atoms with Gasteiger partial charge in [0.2, 0.25) is 0 Å². The van der Waals surface area contributed by atoms with E-state index in [1.807, 2.05) is 6.07 Å². The van der Waals surface area contributed by atoms with Crippen LogP contribution in [0.3, 0.4) is 0 Å². The molecule has 16 heavy (non-hydrogen) atoms. The SMILES string of the molecule is O=Cc1cn(Cc2cc(F)cc(Br)c2)cn1. The van der Waals surface area contributed by atoms with Gasteiger partial charge in [0.1, 0.15) is 11.5 Å². The van der Waals surface area contributed by atoms with E-state index in [4.69, 9.17) is 0 Å². The molecule has 0 bridgehead atoms. The van der Waals surface area contributed by atoms with Gasteiger partial charge in [0, 0.05) is 17.2 Å².